The second-order valence-corrected chi connectivity index (χ2v) is 8.70. The number of morpholine rings is 1. The predicted molar refractivity (Wildman–Crippen MR) is 124 cm³/mol. The van der Waals surface area contributed by atoms with E-state index >= 15 is 0 Å². The molecule has 0 spiro atoms. The quantitative estimate of drug-likeness (QED) is 0.570. The van der Waals surface area contributed by atoms with Gasteiger partial charge in [-0.3, -0.25) is 4.79 Å². The molecule has 162 valence electrons. The summed E-state index contributed by atoms with van der Waals surface area (Å²) in [5.41, 5.74) is 1.64. The van der Waals surface area contributed by atoms with Crippen molar-refractivity contribution in [3.63, 3.8) is 0 Å². The molecular weight excluding hydrogens is 459 g/mol. The standard InChI is InChI=1S/C22H20Cl2N2O4S/c1-28-19-10-14(2-5-18(19)30-13-15-3-4-16(23)12-17(15)24)11-20-21(27)25-22(31-20)26-6-8-29-9-7-26/h2-5,10-12H,6-9,13H2,1H3/b20-11+. The number of methoxy groups -OCH3 is 1. The molecule has 0 atom stereocenters. The van der Waals surface area contributed by atoms with E-state index in [9.17, 15) is 4.79 Å². The molecule has 0 unspecified atom stereocenters. The second kappa shape index (κ2) is 9.96. The van der Waals surface area contributed by atoms with Crippen molar-refractivity contribution >= 4 is 52.1 Å². The third kappa shape index (κ3) is 5.36. The lowest BCUT2D eigenvalue weighted by molar-refractivity contribution is -0.113. The van der Waals surface area contributed by atoms with Gasteiger partial charge in [-0.1, -0.05) is 35.3 Å². The molecule has 1 amide bonds. The number of ether oxygens (including phenoxy) is 3. The minimum absolute atomic E-state index is 0.233. The summed E-state index contributed by atoms with van der Waals surface area (Å²) in [6.45, 7) is 3.05. The van der Waals surface area contributed by atoms with Gasteiger partial charge in [-0.2, -0.15) is 4.99 Å². The summed E-state index contributed by atoms with van der Waals surface area (Å²) >= 11 is 13.5. The molecule has 6 nitrogen and oxygen atoms in total. The number of amidine groups is 1. The molecule has 0 saturated carbocycles. The van der Waals surface area contributed by atoms with E-state index in [0.717, 1.165) is 29.4 Å². The zero-order chi connectivity index (χ0) is 21.8. The van der Waals surface area contributed by atoms with Crippen molar-refractivity contribution in [3.05, 3.63) is 62.5 Å². The van der Waals surface area contributed by atoms with Gasteiger partial charge in [0, 0.05) is 28.7 Å². The minimum atomic E-state index is -0.233. The van der Waals surface area contributed by atoms with Gasteiger partial charge in [-0.25, -0.2) is 0 Å². The van der Waals surface area contributed by atoms with E-state index in [1.54, 1.807) is 19.2 Å². The third-order valence-electron chi connectivity index (χ3n) is 4.77. The molecule has 31 heavy (non-hydrogen) atoms. The Labute approximate surface area is 194 Å². The molecule has 1 fully saturated rings. The van der Waals surface area contributed by atoms with Crippen LogP contribution in [0, 0.1) is 0 Å². The fourth-order valence-corrected chi connectivity index (χ4v) is 4.55. The van der Waals surface area contributed by atoms with Crippen LogP contribution >= 0.6 is 35.0 Å². The van der Waals surface area contributed by atoms with Crippen molar-refractivity contribution in [2.45, 2.75) is 6.61 Å². The lowest BCUT2D eigenvalue weighted by atomic mass is 10.2. The number of hydrogen-bond donors (Lipinski definition) is 0. The maximum absolute atomic E-state index is 12.4. The Kier molecular flexibility index (Phi) is 7.07. The zero-order valence-electron chi connectivity index (χ0n) is 16.8. The van der Waals surface area contributed by atoms with E-state index in [2.05, 4.69) is 9.89 Å². The molecule has 4 rings (SSSR count). The van der Waals surface area contributed by atoms with Gasteiger partial charge in [0.15, 0.2) is 16.7 Å². The number of hydrogen-bond acceptors (Lipinski definition) is 6. The monoisotopic (exact) mass is 478 g/mol. The van der Waals surface area contributed by atoms with Gasteiger partial charge in [-0.05, 0) is 47.7 Å². The number of halogens is 2. The number of aliphatic imine (C=N–C) groups is 1. The Bertz CT molecular complexity index is 1050. The maximum Gasteiger partial charge on any atom is 0.286 e. The minimum Gasteiger partial charge on any atom is -0.493 e. The molecule has 0 N–H and O–H groups in total. The molecule has 2 aromatic carbocycles. The largest absolute Gasteiger partial charge is 0.493 e. The van der Waals surface area contributed by atoms with E-state index in [1.165, 1.54) is 11.8 Å². The van der Waals surface area contributed by atoms with Crippen LogP contribution in [0.25, 0.3) is 6.08 Å². The highest BCUT2D eigenvalue weighted by atomic mass is 35.5. The highest BCUT2D eigenvalue weighted by Gasteiger charge is 2.27. The summed E-state index contributed by atoms with van der Waals surface area (Å²) in [5, 5.41) is 1.84. The molecule has 2 aliphatic heterocycles. The van der Waals surface area contributed by atoms with Gasteiger partial charge in [-0.15, -0.1) is 0 Å². The highest BCUT2D eigenvalue weighted by molar-refractivity contribution is 8.18. The number of benzene rings is 2. The number of thioether (sulfide) groups is 1. The van der Waals surface area contributed by atoms with E-state index in [-0.39, 0.29) is 12.5 Å². The molecule has 2 aliphatic rings. The summed E-state index contributed by atoms with van der Waals surface area (Å²) < 4.78 is 16.7. The van der Waals surface area contributed by atoms with Crippen molar-refractivity contribution in [2.75, 3.05) is 33.4 Å². The number of carbonyl (C=O) groups excluding carboxylic acids is 1. The van der Waals surface area contributed by atoms with Crippen molar-refractivity contribution in [3.8, 4) is 11.5 Å². The predicted octanol–water partition coefficient (Wildman–Crippen LogP) is 4.88. The smallest absolute Gasteiger partial charge is 0.286 e. The number of rotatable bonds is 5. The first-order valence-corrected chi connectivity index (χ1v) is 11.2. The number of amides is 1. The van der Waals surface area contributed by atoms with Crippen molar-refractivity contribution < 1.29 is 19.0 Å². The lowest BCUT2D eigenvalue weighted by Crippen LogP contribution is -2.38. The van der Waals surface area contributed by atoms with Gasteiger partial charge in [0.25, 0.3) is 5.91 Å². The molecular formula is C22H20Cl2N2O4S. The second-order valence-electron chi connectivity index (χ2n) is 6.84. The van der Waals surface area contributed by atoms with E-state index in [1.807, 2.05) is 30.3 Å². The SMILES string of the molecule is COc1cc(/C=C2/SC(N3CCOCC3)=NC2=O)ccc1OCc1ccc(Cl)cc1Cl. The van der Waals surface area contributed by atoms with Crippen LogP contribution in [-0.4, -0.2) is 49.4 Å². The fraction of sp³-hybridized carbons (Fsp3) is 0.273. The van der Waals surface area contributed by atoms with Crippen LogP contribution in [0.1, 0.15) is 11.1 Å². The lowest BCUT2D eigenvalue weighted by Gasteiger charge is -2.27. The van der Waals surface area contributed by atoms with Crippen LogP contribution in [0.15, 0.2) is 46.3 Å². The molecule has 2 aromatic rings. The summed E-state index contributed by atoms with van der Waals surface area (Å²) in [6.07, 6.45) is 1.81. The fourth-order valence-electron chi connectivity index (χ4n) is 3.13. The van der Waals surface area contributed by atoms with Crippen LogP contribution in [0.2, 0.25) is 10.0 Å². The molecule has 1 saturated heterocycles. The maximum atomic E-state index is 12.4. The van der Waals surface area contributed by atoms with Gasteiger partial charge in [0.2, 0.25) is 0 Å². The Morgan fingerprint density at radius 3 is 2.71 bits per heavy atom. The van der Waals surface area contributed by atoms with Crippen molar-refractivity contribution in [1.29, 1.82) is 0 Å². The first-order valence-electron chi connectivity index (χ1n) is 9.63. The Balaban J connectivity index is 1.46. The Hall–Kier alpha value is -2.19. The first kappa shape index (κ1) is 22.0. The number of nitrogens with zero attached hydrogens (tertiary/aromatic N) is 2. The average Bonchev–Trinajstić information content (AvgIpc) is 3.14. The van der Waals surface area contributed by atoms with Crippen LogP contribution in [-0.2, 0) is 16.1 Å². The molecule has 0 bridgehead atoms. The average molecular weight is 479 g/mol. The van der Waals surface area contributed by atoms with E-state index in [4.69, 9.17) is 37.4 Å². The summed E-state index contributed by atoms with van der Waals surface area (Å²) in [6, 6.07) is 10.8. The molecule has 0 aliphatic carbocycles. The van der Waals surface area contributed by atoms with Gasteiger partial charge >= 0.3 is 0 Å². The topological polar surface area (TPSA) is 60.4 Å². The normalized spacial score (nSPS) is 17.8. The van der Waals surface area contributed by atoms with Crippen LogP contribution in [0.4, 0.5) is 0 Å². The molecule has 0 aromatic heterocycles. The Morgan fingerprint density at radius 1 is 1.16 bits per heavy atom. The van der Waals surface area contributed by atoms with Crippen LogP contribution in [0.5, 0.6) is 11.5 Å². The third-order valence-corrected chi connectivity index (χ3v) is 6.41. The van der Waals surface area contributed by atoms with Crippen molar-refractivity contribution in [2.24, 2.45) is 4.99 Å². The Morgan fingerprint density at radius 2 is 1.97 bits per heavy atom. The molecule has 2 heterocycles. The zero-order valence-corrected chi connectivity index (χ0v) is 19.1. The van der Waals surface area contributed by atoms with E-state index in [0.29, 0.717) is 39.7 Å². The molecule has 0 radical (unpaired) electrons. The van der Waals surface area contributed by atoms with Crippen LogP contribution in [0.3, 0.4) is 0 Å². The summed E-state index contributed by atoms with van der Waals surface area (Å²) in [4.78, 5) is 19.2. The number of carbonyl (C=O) groups is 1. The van der Waals surface area contributed by atoms with E-state index < -0.39 is 0 Å². The highest BCUT2D eigenvalue weighted by Crippen LogP contribution is 2.34. The van der Waals surface area contributed by atoms with Gasteiger partial charge in [0.05, 0.1) is 25.2 Å². The van der Waals surface area contributed by atoms with Crippen molar-refractivity contribution in [1.82, 2.24) is 4.90 Å². The summed E-state index contributed by atoms with van der Waals surface area (Å²) in [5.74, 6) is 0.902. The van der Waals surface area contributed by atoms with Crippen LogP contribution < -0.4 is 9.47 Å². The summed E-state index contributed by atoms with van der Waals surface area (Å²) in [7, 11) is 1.57. The van der Waals surface area contributed by atoms with Gasteiger partial charge < -0.3 is 19.1 Å². The first-order chi connectivity index (χ1) is 15.0. The molecule has 9 heteroatoms. The van der Waals surface area contributed by atoms with Gasteiger partial charge in [0.1, 0.15) is 6.61 Å².